The molecule has 1 amide bonds. The topological polar surface area (TPSA) is 53.0 Å². The van der Waals surface area contributed by atoms with E-state index < -0.39 is 6.09 Å². The van der Waals surface area contributed by atoms with Crippen LogP contribution in [0.25, 0.3) is 0 Å². The molecule has 2 rings (SSSR count). The minimum absolute atomic E-state index is 0.400. The van der Waals surface area contributed by atoms with E-state index in [4.69, 9.17) is 9.84 Å². The van der Waals surface area contributed by atoms with Crippen LogP contribution in [0, 0.1) is 5.92 Å². The van der Waals surface area contributed by atoms with Gasteiger partial charge >= 0.3 is 6.09 Å². The molecule has 0 aromatic heterocycles. The first-order valence-corrected chi connectivity index (χ1v) is 5.92. The minimum atomic E-state index is -0.781. The fourth-order valence-electron chi connectivity index (χ4n) is 2.47. The second-order valence-corrected chi connectivity index (χ2v) is 4.79. The van der Waals surface area contributed by atoms with Gasteiger partial charge in [0.15, 0.2) is 0 Å². The molecule has 16 heavy (non-hydrogen) atoms. The summed E-state index contributed by atoms with van der Waals surface area (Å²) in [5, 5.41) is 8.70. The smallest absolute Gasteiger partial charge is 0.407 e. The van der Waals surface area contributed by atoms with E-state index in [2.05, 4.69) is 4.90 Å². The van der Waals surface area contributed by atoms with E-state index in [9.17, 15) is 4.79 Å². The summed E-state index contributed by atoms with van der Waals surface area (Å²) in [5.41, 5.74) is 0. The molecule has 1 N–H and O–H groups in total. The van der Waals surface area contributed by atoms with E-state index in [1.165, 1.54) is 4.90 Å². The number of methoxy groups -OCH3 is 1. The summed E-state index contributed by atoms with van der Waals surface area (Å²) in [4.78, 5) is 14.5. The number of hydrogen-bond acceptors (Lipinski definition) is 3. The van der Waals surface area contributed by atoms with Crippen LogP contribution in [-0.2, 0) is 4.74 Å². The van der Waals surface area contributed by atoms with Crippen molar-refractivity contribution in [1.82, 2.24) is 9.80 Å². The summed E-state index contributed by atoms with van der Waals surface area (Å²) in [5.74, 6) is 0.567. The van der Waals surface area contributed by atoms with E-state index in [-0.39, 0.29) is 0 Å². The molecule has 2 heterocycles. The van der Waals surface area contributed by atoms with Crippen LogP contribution in [0.15, 0.2) is 0 Å². The second kappa shape index (κ2) is 5.01. The summed E-state index contributed by atoms with van der Waals surface area (Å²) in [6.45, 7) is 4.67. The van der Waals surface area contributed by atoms with Gasteiger partial charge in [0.2, 0.25) is 0 Å². The molecule has 2 aliphatic rings. The van der Waals surface area contributed by atoms with Crippen molar-refractivity contribution in [3.05, 3.63) is 0 Å². The van der Waals surface area contributed by atoms with Crippen LogP contribution >= 0.6 is 0 Å². The van der Waals surface area contributed by atoms with E-state index in [0.717, 1.165) is 45.6 Å². The highest BCUT2D eigenvalue weighted by molar-refractivity contribution is 5.65. The highest BCUT2D eigenvalue weighted by Crippen LogP contribution is 2.20. The zero-order chi connectivity index (χ0) is 11.5. The number of carboxylic acid groups (broad SMARTS) is 1. The van der Waals surface area contributed by atoms with E-state index >= 15 is 0 Å². The van der Waals surface area contributed by atoms with Crippen molar-refractivity contribution in [3.63, 3.8) is 0 Å². The lowest BCUT2D eigenvalue weighted by Gasteiger charge is -2.37. The van der Waals surface area contributed by atoms with Crippen molar-refractivity contribution in [2.24, 2.45) is 5.92 Å². The van der Waals surface area contributed by atoms with Crippen molar-refractivity contribution < 1.29 is 14.6 Å². The van der Waals surface area contributed by atoms with Gasteiger partial charge in [-0.15, -0.1) is 0 Å². The normalized spacial score (nSPS) is 27.1. The van der Waals surface area contributed by atoms with Crippen LogP contribution in [-0.4, -0.2) is 66.9 Å². The fraction of sp³-hybridized carbons (Fsp3) is 0.909. The molecule has 0 unspecified atom stereocenters. The minimum Gasteiger partial charge on any atom is -0.465 e. The van der Waals surface area contributed by atoms with Crippen LogP contribution in [0.3, 0.4) is 0 Å². The zero-order valence-electron chi connectivity index (χ0n) is 9.76. The third kappa shape index (κ3) is 2.65. The first-order chi connectivity index (χ1) is 7.69. The molecular weight excluding hydrogens is 208 g/mol. The lowest BCUT2D eigenvalue weighted by atomic mass is 9.97. The van der Waals surface area contributed by atoms with Crippen molar-refractivity contribution >= 4 is 6.09 Å². The number of ether oxygens (including phenoxy) is 1. The Balaban J connectivity index is 1.58. The van der Waals surface area contributed by atoms with Gasteiger partial charge in [-0.25, -0.2) is 4.79 Å². The van der Waals surface area contributed by atoms with Gasteiger partial charge in [-0.1, -0.05) is 0 Å². The molecular formula is C11H20N2O3. The molecule has 5 nitrogen and oxygen atoms in total. The van der Waals surface area contributed by atoms with Crippen molar-refractivity contribution in [1.29, 1.82) is 0 Å². The molecule has 0 bridgehead atoms. The molecule has 1 atom stereocenters. The number of carbonyl (C=O) groups is 1. The van der Waals surface area contributed by atoms with Crippen LogP contribution in [0.5, 0.6) is 0 Å². The fourth-order valence-corrected chi connectivity index (χ4v) is 2.47. The van der Waals surface area contributed by atoms with Gasteiger partial charge in [-0.3, -0.25) is 0 Å². The van der Waals surface area contributed by atoms with Crippen LogP contribution < -0.4 is 0 Å². The Kier molecular flexibility index (Phi) is 3.66. The van der Waals surface area contributed by atoms with Crippen molar-refractivity contribution in [2.75, 3.05) is 39.8 Å². The van der Waals surface area contributed by atoms with E-state index in [1.54, 1.807) is 7.11 Å². The second-order valence-electron chi connectivity index (χ2n) is 4.79. The standard InChI is InChI=1S/C11H20N2O3/c1-16-10-3-5-12(8-10)4-2-9-6-13(7-9)11(14)15/h9-10H,2-8H2,1H3,(H,14,15)/t10-/m0/s1. The first kappa shape index (κ1) is 11.7. The van der Waals surface area contributed by atoms with Gasteiger partial charge in [0, 0.05) is 33.3 Å². The Morgan fingerprint density at radius 3 is 2.75 bits per heavy atom. The number of hydrogen-bond donors (Lipinski definition) is 1. The lowest BCUT2D eigenvalue weighted by Crippen LogP contribution is -2.50. The van der Waals surface area contributed by atoms with Crippen molar-refractivity contribution in [3.8, 4) is 0 Å². The third-order valence-electron chi connectivity index (χ3n) is 3.64. The van der Waals surface area contributed by atoms with Crippen LogP contribution in [0.2, 0.25) is 0 Å². The monoisotopic (exact) mass is 228 g/mol. The molecule has 0 radical (unpaired) electrons. The zero-order valence-corrected chi connectivity index (χ0v) is 9.76. The summed E-state index contributed by atoms with van der Waals surface area (Å²) in [6.07, 6.45) is 1.86. The maximum atomic E-state index is 10.6. The molecule has 2 fully saturated rings. The maximum absolute atomic E-state index is 10.6. The molecule has 2 aliphatic heterocycles. The Morgan fingerprint density at radius 1 is 1.44 bits per heavy atom. The Hall–Kier alpha value is -0.810. The van der Waals surface area contributed by atoms with Crippen molar-refractivity contribution in [2.45, 2.75) is 18.9 Å². The first-order valence-electron chi connectivity index (χ1n) is 5.92. The van der Waals surface area contributed by atoms with Gasteiger partial charge in [0.05, 0.1) is 6.10 Å². The highest BCUT2D eigenvalue weighted by Gasteiger charge is 2.31. The molecule has 0 saturated carbocycles. The Labute approximate surface area is 96.0 Å². The molecule has 92 valence electrons. The summed E-state index contributed by atoms with van der Waals surface area (Å²) < 4.78 is 5.31. The van der Waals surface area contributed by atoms with Gasteiger partial charge in [0.25, 0.3) is 0 Å². The number of likely N-dealkylation sites (tertiary alicyclic amines) is 2. The molecule has 0 spiro atoms. The predicted molar refractivity (Wildman–Crippen MR) is 59.6 cm³/mol. The maximum Gasteiger partial charge on any atom is 0.407 e. The molecule has 0 aromatic rings. The lowest BCUT2D eigenvalue weighted by molar-refractivity contribution is 0.0716. The SMILES string of the molecule is CO[C@H]1CCN(CCC2CN(C(=O)O)C2)C1. The van der Waals surface area contributed by atoms with Crippen LogP contribution in [0.1, 0.15) is 12.8 Å². The Bertz CT molecular complexity index is 254. The number of rotatable bonds is 4. The summed E-state index contributed by atoms with van der Waals surface area (Å²) in [6, 6.07) is 0. The highest BCUT2D eigenvalue weighted by atomic mass is 16.5. The Morgan fingerprint density at radius 2 is 2.19 bits per heavy atom. The van der Waals surface area contributed by atoms with Gasteiger partial charge in [-0.2, -0.15) is 0 Å². The van der Waals surface area contributed by atoms with E-state index in [0.29, 0.717) is 12.0 Å². The molecule has 0 aromatic carbocycles. The van der Waals surface area contributed by atoms with Gasteiger partial charge in [0.1, 0.15) is 0 Å². The molecule has 0 aliphatic carbocycles. The average molecular weight is 228 g/mol. The average Bonchev–Trinajstić information content (AvgIpc) is 2.62. The van der Waals surface area contributed by atoms with E-state index in [1.807, 2.05) is 0 Å². The van der Waals surface area contributed by atoms with Crippen LogP contribution in [0.4, 0.5) is 4.79 Å². The largest absolute Gasteiger partial charge is 0.465 e. The van der Waals surface area contributed by atoms with Gasteiger partial charge in [-0.05, 0) is 25.3 Å². The third-order valence-corrected chi connectivity index (χ3v) is 3.64. The molecule has 5 heteroatoms. The quantitative estimate of drug-likeness (QED) is 0.770. The van der Waals surface area contributed by atoms with Gasteiger partial charge < -0.3 is 19.6 Å². The number of amides is 1. The number of nitrogens with zero attached hydrogens (tertiary/aromatic N) is 2. The molecule has 2 saturated heterocycles. The summed E-state index contributed by atoms with van der Waals surface area (Å²) >= 11 is 0. The predicted octanol–water partition coefficient (Wildman–Crippen LogP) is 0.707. The summed E-state index contributed by atoms with van der Waals surface area (Å²) in [7, 11) is 1.77.